The fourth-order valence-electron chi connectivity index (χ4n) is 4.57. The van der Waals surface area contributed by atoms with Crippen LogP contribution in [0.1, 0.15) is 50.1 Å². The summed E-state index contributed by atoms with van der Waals surface area (Å²) in [7, 11) is 2.05. The number of aliphatic hydroxyl groups is 2. The van der Waals surface area contributed by atoms with Crippen LogP contribution in [-0.4, -0.2) is 66.2 Å². The molecule has 1 unspecified atom stereocenters. The first-order valence-electron chi connectivity index (χ1n) is 11.1. The number of halogens is 1. The topological polar surface area (TPSA) is 100 Å². The molecule has 2 saturated carbocycles. The highest BCUT2D eigenvalue weighted by atomic mass is 35.5. The Kier molecular flexibility index (Phi) is 6.00. The van der Waals surface area contributed by atoms with Gasteiger partial charge in [-0.15, -0.1) is 5.10 Å². The Bertz CT molecular complexity index is 1110. The Morgan fingerprint density at radius 3 is 2.66 bits per heavy atom. The van der Waals surface area contributed by atoms with Crippen LogP contribution in [0.3, 0.4) is 0 Å². The number of hydrogen-bond acceptors (Lipinski definition) is 8. The molecule has 8 nitrogen and oxygen atoms in total. The van der Waals surface area contributed by atoms with Gasteiger partial charge in [0.2, 0.25) is 0 Å². The van der Waals surface area contributed by atoms with Crippen molar-refractivity contribution in [3.05, 3.63) is 34.9 Å². The fourth-order valence-corrected chi connectivity index (χ4v) is 5.38. The van der Waals surface area contributed by atoms with Crippen molar-refractivity contribution in [2.45, 2.75) is 68.0 Å². The predicted molar refractivity (Wildman–Crippen MR) is 125 cm³/mol. The molecule has 0 aliphatic heterocycles. The van der Waals surface area contributed by atoms with Crippen molar-refractivity contribution in [2.24, 2.45) is 0 Å². The number of nitrogens with zero attached hydrogens (tertiary/aromatic N) is 6. The average Bonchev–Trinajstić information content (AvgIpc) is 3.39. The lowest BCUT2D eigenvalue weighted by Gasteiger charge is -2.20. The first-order valence-corrected chi connectivity index (χ1v) is 12.4. The van der Waals surface area contributed by atoms with E-state index in [1.54, 1.807) is 16.4 Å². The molecule has 2 heterocycles. The molecule has 10 heteroatoms. The maximum Gasteiger partial charge on any atom is 0.191 e. The van der Waals surface area contributed by atoms with E-state index in [0.29, 0.717) is 41.1 Å². The van der Waals surface area contributed by atoms with Crippen molar-refractivity contribution in [1.82, 2.24) is 25.0 Å². The second-order valence-electron chi connectivity index (χ2n) is 8.66. The third-order valence-electron chi connectivity index (χ3n) is 6.47. The minimum absolute atomic E-state index is 0.308. The summed E-state index contributed by atoms with van der Waals surface area (Å²) in [6, 6.07) is 8.00. The summed E-state index contributed by atoms with van der Waals surface area (Å²) >= 11 is 7.66. The Balaban J connectivity index is 1.49. The van der Waals surface area contributed by atoms with E-state index in [9.17, 15) is 10.2 Å². The molecule has 1 aromatic carbocycles. The maximum absolute atomic E-state index is 10.4. The van der Waals surface area contributed by atoms with Gasteiger partial charge < -0.3 is 15.1 Å². The van der Waals surface area contributed by atoms with Crippen LogP contribution in [0.25, 0.3) is 11.2 Å². The van der Waals surface area contributed by atoms with Gasteiger partial charge in [0.15, 0.2) is 22.1 Å². The zero-order chi connectivity index (χ0) is 22.4. The zero-order valence-electron chi connectivity index (χ0n) is 18.1. The van der Waals surface area contributed by atoms with Gasteiger partial charge in [-0.25, -0.2) is 14.6 Å². The predicted octanol–water partition coefficient (Wildman–Crippen LogP) is 3.43. The Morgan fingerprint density at radius 2 is 1.97 bits per heavy atom. The van der Waals surface area contributed by atoms with Crippen LogP contribution in [0.2, 0.25) is 5.02 Å². The third-order valence-corrected chi connectivity index (χ3v) is 7.77. The molecular weight excluding hydrogens is 448 g/mol. The van der Waals surface area contributed by atoms with Gasteiger partial charge >= 0.3 is 0 Å². The Morgan fingerprint density at radius 1 is 1.19 bits per heavy atom. The molecular formula is C22H27ClN6O2S. The molecule has 2 aliphatic carbocycles. The second-order valence-corrected chi connectivity index (χ2v) is 10.2. The zero-order valence-corrected chi connectivity index (χ0v) is 19.7. The lowest BCUT2D eigenvalue weighted by atomic mass is 10.1. The summed E-state index contributed by atoms with van der Waals surface area (Å²) in [6.07, 6.45) is 1.60. The summed E-state index contributed by atoms with van der Waals surface area (Å²) in [4.78, 5) is 11.8. The normalized spacial score (nSPS) is 27.2. The molecule has 2 N–H and O–H groups in total. The SMILES string of the molecule is CCCSc1nc(N(C)[C@H]2CC2c2ccc(Cl)cc2)c2nnn([C@@H]3CC[C@@H](O)[C@H]3O)c2n1. The molecule has 170 valence electrons. The maximum atomic E-state index is 10.4. The molecule has 3 aromatic rings. The van der Waals surface area contributed by atoms with Gasteiger partial charge in [-0.05, 0) is 43.4 Å². The number of benzene rings is 1. The number of thioether (sulfide) groups is 1. The quantitative estimate of drug-likeness (QED) is 0.397. The molecule has 2 aliphatic rings. The summed E-state index contributed by atoms with van der Waals surface area (Å²) < 4.78 is 1.68. The number of aliphatic hydroxyl groups excluding tert-OH is 2. The van der Waals surface area contributed by atoms with Crippen LogP contribution >= 0.6 is 23.4 Å². The van der Waals surface area contributed by atoms with Crippen molar-refractivity contribution < 1.29 is 10.2 Å². The first-order chi connectivity index (χ1) is 15.5. The standard InChI is InChI=1S/C22H27ClN6O2S/c1-3-10-32-22-24-20(28(2)16-11-14(16)12-4-6-13(23)7-5-12)18-21(25-22)29(27-26-18)15-8-9-17(30)19(15)31/h4-7,14-17,19,30-31H,3,8-11H2,1-2H3/t14?,15-,16+,17-,19+/m1/s1. The fraction of sp³-hybridized carbons (Fsp3) is 0.545. The van der Waals surface area contributed by atoms with Gasteiger partial charge in [0.05, 0.1) is 12.1 Å². The van der Waals surface area contributed by atoms with Gasteiger partial charge in [-0.2, -0.15) is 0 Å². The largest absolute Gasteiger partial charge is 0.390 e. The lowest BCUT2D eigenvalue weighted by Crippen LogP contribution is -2.28. The summed E-state index contributed by atoms with van der Waals surface area (Å²) in [6.45, 7) is 2.13. The Hall–Kier alpha value is -1.94. The van der Waals surface area contributed by atoms with Crippen molar-refractivity contribution in [1.29, 1.82) is 0 Å². The average molecular weight is 475 g/mol. The molecule has 0 spiro atoms. The third kappa shape index (κ3) is 3.96. The van der Waals surface area contributed by atoms with E-state index < -0.39 is 12.2 Å². The lowest BCUT2D eigenvalue weighted by molar-refractivity contribution is 0.0215. The van der Waals surface area contributed by atoms with E-state index in [1.807, 2.05) is 19.2 Å². The minimum atomic E-state index is -0.875. The number of hydrogen-bond donors (Lipinski definition) is 2. The molecule has 0 saturated heterocycles. The van der Waals surface area contributed by atoms with Crippen molar-refractivity contribution in [3.63, 3.8) is 0 Å². The van der Waals surface area contributed by atoms with Crippen LogP contribution in [0, 0.1) is 0 Å². The van der Waals surface area contributed by atoms with Crippen LogP contribution in [-0.2, 0) is 0 Å². The van der Waals surface area contributed by atoms with E-state index in [1.165, 1.54) is 5.56 Å². The molecule has 0 bridgehead atoms. The van der Waals surface area contributed by atoms with Gasteiger partial charge in [0.25, 0.3) is 0 Å². The van der Waals surface area contributed by atoms with Crippen molar-refractivity contribution in [3.8, 4) is 0 Å². The smallest absolute Gasteiger partial charge is 0.191 e. The molecule has 0 radical (unpaired) electrons. The summed E-state index contributed by atoms with van der Waals surface area (Å²) in [5.74, 6) is 2.09. The van der Waals surface area contributed by atoms with E-state index in [2.05, 4.69) is 34.3 Å². The second kappa shape index (κ2) is 8.78. The number of likely N-dealkylation sites (N-methyl/N-ethyl adjacent to an activating group) is 1. The molecule has 5 rings (SSSR count). The van der Waals surface area contributed by atoms with E-state index in [0.717, 1.165) is 29.4 Å². The number of fused-ring (bicyclic) bond motifs is 1. The van der Waals surface area contributed by atoms with Crippen LogP contribution in [0.15, 0.2) is 29.4 Å². The minimum Gasteiger partial charge on any atom is -0.390 e. The molecule has 2 aromatic heterocycles. The monoisotopic (exact) mass is 474 g/mol. The molecule has 2 fully saturated rings. The van der Waals surface area contributed by atoms with E-state index in [-0.39, 0.29) is 6.04 Å². The molecule has 32 heavy (non-hydrogen) atoms. The number of rotatable bonds is 7. The van der Waals surface area contributed by atoms with E-state index in [4.69, 9.17) is 21.6 Å². The highest BCUT2D eigenvalue weighted by Crippen LogP contribution is 2.46. The summed E-state index contributed by atoms with van der Waals surface area (Å²) in [5, 5.41) is 30.6. The van der Waals surface area contributed by atoms with E-state index >= 15 is 0 Å². The first kappa shape index (κ1) is 21.9. The summed E-state index contributed by atoms with van der Waals surface area (Å²) in [5.41, 5.74) is 2.51. The van der Waals surface area contributed by atoms with Gasteiger partial charge in [0.1, 0.15) is 6.10 Å². The number of aromatic nitrogens is 5. The van der Waals surface area contributed by atoms with Crippen LogP contribution in [0.4, 0.5) is 5.82 Å². The van der Waals surface area contributed by atoms with Gasteiger partial charge in [0, 0.05) is 29.8 Å². The number of anilines is 1. The van der Waals surface area contributed by atoms with Crippen LogP contribution < -0.4 is 4.90 Å². The molecule has 5 atom stereocenters. The Labute approximate surface area is 196 Å². The van der Waals surface area contributed by atoms with Crippen molar-refractivity contribution >= 4 is 40.3 Å². The highest BCUT2D eigenvalue weighted by Gasteiger charge is 2.43. The van der Waals surface area contributed by atoms with Crippen molar-refractivity contribution in [2.75, 3.05) is 17.7 Å². The van der Waals surface area contributed by atoms with Gasteiger partial charge in [-0.3, -0.25) is 0 Å². The van der Waals surface area contributed by atoms with Gasteiger partial charge in [-0.1, -0.05) is 47.6 Å². The molecule has 0 amide bonds. The van der Waals surface area contributed by atoms with Crippen LogP contribution in [0.5, 0.6) is 0 Å². The highest BCUT2D eigenvalue weighted by molar-refractivity contribution is 7.99.